The minimum absolute atomic E-state index is 0.206. The fraction of sp³-hybridized carbons (Fsp3) is 0.176. The van der Waals surface area contributed by atoms with Crippen LogP contribution in [0.2, 0.25) is 5.02 Å². The molecular weight excluding hydrogens is 362 g/mol. The number of benzene rings is 1. The number of aromatic nitrogens is 1. The minimum Gasteiger partial charge on any atom is -0.493 e. The van der Waals surface area contributed by atoms with Gasteiger partial charge >= 0.3 is 5.97 Å². The quantitative estimate of drug-likeness (QED) is 0.450. The summed E-state index contributed by atoms with van der Waals surface area (Å²) in [6, 6.07) is 6.29. The molecule has 2 rings (SSSR count). The Morgan fingerprint density at radius 3 is 2.65 bits per heavy atom. The molecule has 8 nitrogen and oxygen atoms in total. The topological polar surface area (TPSA) is 99.1 Å². The monoisotopic (exact) mass is 377 g/mol. The Labute approximate surface area is 154 Å². The summed E-state index contributed by atoms with van der Waals surface area (Å²) in [6.45, 7) is -0.304. The Morgan fingerprint density at radius 2 is 2.00 bits per heavy atom. The maximum absolute atomic E-state index is 11.9. The third-order valence-electron chi connectivity index (χ3n) is 3.14. The van der Waals surface area contributed by atoms with Gasteiger partial charge in [-0.1, -0.05) is 11.6 Å². The second-order valence-corrected chi connectivity index (χ2v) is 5.24. The highest BCUT2D eigenvalue weighted by molar-refractivity contribution is 6.32. The van der Waals surface area contributed by atoms with Crippen LogP contribution in [-0.2, 0) is 9.53 Å². The highest BCUT2D eigenvalue weighted by Crippen LogP contribution is 2.36. The molecule has 1 amide bonds. The largest absolute Gasteiger partial charge is 0.493 e. The molecule has 136 valence electrons. The number of hydrogen-bond acceptors (Lipinski definition) is 7. The lowest BCUT2D eigenvalue weighted by Gasteiger charge is -2.12. The van der Waals surface area contributed by atoms with E-state index in [2.05, 4.69) is 20.2 Å². The van der Waals surface area contributed by atoms with E-state index in [0.717, 1.165) is 0 Å². The zero-order valence-corrected chi connectivity index (χ0v) is 14.8. The van der Waals surface area contributed by atoms with Crippen molar-refractivity contribution >= 4 is 29.7 Å². The smallest absolute Gasteiger partial charge is 0.343 e. The van der Waals surface area contributed by atoms with Crippen LogP contribution in [0.3, 0.4) is 0 Å². The van der Waals surface area contributed by atoms with Gasteiger partial charge in [0.25, 0.3) is 5.91 Å². The predicted molar refractivity (Wildman–Crippen MR) is 94.8 cm³/mol. The molecule has 0 radical (unpaired) electrons. The lowest BCUT2D eigenvalue weighted by Crippen LogP contribution is -2.17. The number of halogens is 1. The number of methoxy groups -OCH3 is 2. The van der Waals surface area contributed by atoms with Crippen molar-refractivity contribution < 1.29 is 23.8 Å². The van der Waals surface area contributed by atoms with Crippen LogP contribution in [0.15, 0.2) is 41.8 Å². The number of amides is 1. The molecule has 0 saturated heterocycles. The first-order chi connectivity index (χ1) is 12.5. The van der Waals surface area contributed by atoms with Crippen molar-refractivity contribution in [2.24, 2.45) is 5.10 Å². The third kappa shape index (κ3) is 5.18. The molecule has 26 heavy (non-hydrogen) atoms. The summed E-state index contributed by atoms with van der Waals surface area (Å²) in [5, 5.41) is 4.10. The van der Waals surface area contributed by atoms with Gasteiger partial charge < -0.3 is 14.2 Å². The molecule has 2 aromatic rings. The number of ether oxygens (including phenoxy) is 3. The van der Waals surface area contributed by atoms with Crippen molar-refractivity contribution in [1.29, 1.82) is 0 Å². The van der Waals surface area contributed by atoms with Crippen LogP contribution in [0.25, 0.3) is 0 Å². The number of carbonyl (C=O) groups is 2. The van der Waals surface area contributed by atoms with Gasteiger partial charge in [0.2, 0.25) is 0 Å². The van der Waals surface area contributed by atoms with Gasteiger partial charge in [-0.25, -0.2) is 10.2 Å². The molecule has 1 heterocycles. The number of pyridine rings is 1. The second kappa shape index (κ2) is 9.38. The Morgan fingerprint density at radius 1 is 1.27 bits per heavy atom. The fourth-order valence-corrected chi connectivity index (χ4v) is 2.15. The molecule has 9 heteroatoms. The first-order valence-electron chi connectivity index (χ1n) is 7.35. The van der Waals surface area contributed by atoms with Crippen molar-refractivity contribution in [3.05, 3.63) is 52.8 Å². The first kappa shape index (κ1) is 19.2. The van der Waals surface area contributed by atoms with E-state index in [4.69, 9.17) is 21.1 Å². The van der Waals surface area contributed by atoms with E-state index in [1.54, 1.807) is 24.3 Å². The van der Waals surface area contributed by atoms with Crippen molar-refractivity contribution in [2.75, 3.05) is 20.8 Å². The first-order valence-corrected chi connectivity index (χ1v) is 7.73. The molecule has 0 atom stereocenters. The van der Waals surface area contributed by atoms with Crippen LogP contribution in [-0.4, -0.2) is 43.9 Å². The Balaban J connectivity index is 2.09. The van der Waals surface area contributed by atoms with Crippen molar-refractivity contribution in [3.8, 4) is 11.5 Å². The summed E-state index contributed by atoms with van der Waals surface area (Å²) in [7, 11) is 2.69. The van der Waals surface area contributed by atoms with Crippen LogP contribution in [0, 0.1) is 0 Å². The number of hydrazone groups is 1. The van der Waals surface area contributed by atoms with Crippen molar-refractivity contribution in [3.63, 3.8) is 0 Å². The van der Waals surface area contributed by atoms with Gasteiger partial charge in [0, 0.05) is 18.0 Å². The molecule has 0 unspecified atom stereocenters. The van der Waals surface area contributed by atoms with E-state index in [1.165, 1.54) is 32.8 Å². The average Bonchev–Trinajstić information content (AvgIpc) is 2.67. The number of rotatable bonds is 7. The van der Waals surface area contributed by atoms with E-state index >= 15 is 0 Å². The maximum Gasteiger partial charge on any atom is 0.343 e. The van der Waals surface area contributed by atoms with Crippen LogP contribution in [0.1, 0.15) is 15.9 Å². The van der Waals surface area contributed by atoms with Gasteiger partial charge in [-0.15, -0.1) is 0 Å². The highest BCUT2D eigenvalue weighted by Gasteiger charge is 2.13. The Bertz CT molecular complexity index is 812. The molecule has 0 aliphatic heterocycles. The fourth-order valence-electron chi connectivity index (χ4n) is 1.88. The lowest BCUT2D eigenvalue weighted by molar-refractivity contribution is -0.142. The number of carbonyl (C=O) groups excluding carboxylic acids is 2. The van der Waals surface area contributed by atoms with Gasteiger partial charge in [-0.2, -0.15) is 5.10 Å². The molecule has 0 saturated carbocycles. The van der Waals surface area contributed by atoms with Crippen molar-refractivity contribution in [1.82, 2.24) is 10.4 Å². The van der Waals surface area contributed by atoms with Crippen LogP contribution < -0.4 is 14.9 Å². The molecule has 1 aromatic heterocycles. The predicted octanol–water partition coefficient (Wildman–Crippen LogP) is 2.06. The zero-order chi connectivity index (χ0) is 18.9. The van der Waals surface area contributed by atoms with E-state index in [9.17, 15) is 9.59 Å². The SMILES string of the molecule is COC(=O)COc1c(Cl)cc(/C=N\NC(=O)c2ccncc2)cc1OC. The summed E-state index contributed by atoms with van der Waals surface area (Å²) in [5.41, 5.74) is 3.39. The summed E-state index contributed by atoms with van der Waals surface area (Å²) in [5.74, 6) is -0.409. The Hall–Kier alpha value is -3.13. The molecule has 1 aromatic carbocycles. The Kier molecular flexibility index (Phi) is 6.92. The van der Waals surface area contributed by atoms with Gasteiger partial charge in [-0.05, 0) is 29.8 Å². The van der Waals surface area contributed by atoms with Crippen molar-refractivity contribution in [2.45, 2.75) is 0 Å². The summed E-state index contributed by atoms with van der Waals surface area (Å²) < 4.78 is 15.0. The van der Waals surface area contributed by atoms with E-state index in [0.29, 0.717) is 16.9 Å². The molecule has 0 aliphatic carbocycles. The molecule has 1 N–H and O–H groups in total. The normalized spacial score (nSPS) is 10.4. The minimum atomic E-state index is -0.549. The van der Waals surface area contributed by atoms with E-state index < -0.39 is 5.97 Å². The number of esters is 1. The molecular formula is C17H16ClN3O5. The third-order valence-corrected chi connectivity index (χ3v) is 3.42. The van der Waals surface area contributed by atoms with E-state index in [-0.39, 0.29) is 23.3 Å². The molecule has 0 bridgehead atoms. The second-order valence-electron chi connectivity index (χ2n) is 4.83. The van der Waals surface area contributed by atoms with Gasteiger partial charge in [0.05, 0.1) is 25.5 Å². The lowest BCUT2D eigenvalue weighted by atomic mass is 10.2. The molecule has 0 aliphatic rings. The van der Waals surface area contributed by atoms with E-state index in [1.807, 2.05) is 0 Å². The molecule has 0 fully saturated rings. The average molecular weight is 378 g/mol. The van der Waals surface area contributed by atoms with Gasteiger partial charge in [-0.3, -0.25) is 9.78 Å². The van der Waals surface area contributed by atoms with Crippen LogP contribution >= 0.6 is 11.6 Å². The van der Waals surface area contributed by atoms with Gasteiger partial charge in [0.1, 0.15) is 0 Å². The highest BCUT2D eigenvalue weighted by atomic mass is 35.5. The number of hydrogen-bond donors (Lipinski definition) is 1. The standard InChI is InChI=1S/C17H16ClN3O5/c1-24-14-8-11(7-13(18)16(14)26-10-15(22)25-2)9-20-21-17(23)12-3-5-19-6-4-12/h3-9H,10H2,1-2H3,(H,21,23)/b20-9-. The summed E-state index contributed by atoms with van der Waals surface area (Å²) in [6.07, 6.45) is 4.42. The van der Waals surface area contributed by atoms with Crippen LogP contribution in [0.5, 0.6) is 11.5 Å². The van der Waals surface area contributed by atoms with Crippen LogP contribution in [0.4, 0.5) is 0 Å². The molecule has 0 spiro atoms. The number of nitrogens with zero attached hydrogens (tertiary/aromatic N) is 2. The summed E-state index contributed by atoms with van der Waals surface area (Å²) in [4.78, 5) is 26.9. The summed E-state index contributed by atoms with van der Waals surface area (Å²) >= 11 is 6.16. The zero-order valence-electron chi connectivity index (χ0n) is 14.1. The van der Waals surface area contributed by atoms with Gasteiger partial charge in [0.15, 0.2) is 18.1 Å². The maximum atomic E-state index is 11.9. The number of nitrogens with one attached hydrogen (secondary N) is 1.